The molecule has 0 saturated carbocycles. The number of nitrogens with one attached hydrogen (secondary N) is 2. The lowest BCUT2D eigenvalue weighted by atomic mass is 10.2. The summed E-state index contributed by atoms with van der Waals surface area (Å²) < 4.78 is 10.5. The molecule has 0 aliphatic carbocycles. The summed E-state index contributed by atoms with van der Waals surface area (Å²) in [6, 6.07) is 7.59. The number of benzene rings is 1. The Bertz CT molecular complexity index is 724. The maximum Gasteiger partial charge on any atom is 0.189 e. The van der Waals surface area contributed by atoms with Crippen molar-refractivity contribution in [1.82, 2.24) is 25.4 Å². The van der Waals surface area contributed by atoms with Gasteiger partial charge in [-0.3, -0.25) is 10.00 Å². The second-order valence-corrected chi connectivity index (χ2v) is 6.27. The molecule has 146 valence electrons. The Kier molecular flexibility index (Phi) is 7.00. The minimum absolute atomic E-state index is 0.353. The van der Waals surface area contributed by atoms with Crippen molar-refractivity contribution in [3.8, 4) is 17.1 Å². The molecule has 1 aromatic carbocycles. The third kappa shape index (κ3) is 5.93. The van der Waals surface area contributed by atoms with Crippen LogP contribution < -0.4 is 15.8 Å². The molecule has 0 amide bonds. The van der Waals surface area contributed by atoms with Gasteiger partial charge in [-0.15, -0.1) is 0 Å². The summed E-state index contributed by atoms with van der Waals surface area (Å²) in [7, 11) is 1.64. The quantitative estimate of drug-likeness (QED) is 0.353. The smallest absolute Gasteiger partial charge is 0.189 e. The molecular weight excluding hydrogens is 346 g/mol. The molecule has 1 fully saturated rings. The monoisotopic (exact) mass is 373 g/mol. The molecule has 27 heavy (non-hydrogen) atoms. The van der Waals surface area contributed by atoms with Crippen LogP contribution >= 0.6 is 0 Å². The predicted molar refractivity (Wildman–Crippen MR) is 104 cm³/mol. The van der Waals surface area contributed by atoms with Crippen molar-refractivity contribution >= 4 is 5.96 Å². The van der Waals surface area contributed by atoms with Crippen molar-refractivity contribution in [3.63, 3.8) is 0 Å². The molecule has 1 aromatic heterocycles. The molecule has 4 N–H and O–H groups in total. The molecule has 9 nitrogen and oxygen atoms in total. The van der Waals surface area contributed by atoms with Gasteiger partial charge < -0.3 is 20.5 Å². The Hall–Kier alpha value is -2.65. The zero-order valence-corrected chi connectivity index (χ0v) is 15.6. The van der Waals surface area contributed by atoms with E-state index in [1.807, 2.05) is 24.3 Å². The van der Waals surface area contributed by atoms with Gasteiger partial charge in [0.1, 0.15) is 18.1 Å². The fraction of sp³-hybridized carbons (Fsp3) is 0.500. The van der Waals surface area contributed by atoms with Gasteiger partial charge in [-0.25, -0.2) is 9.98 Å². The fourth-order valence-electron chi connectivity index (χ4n) is 2.80. The van der Waals surface area contributed by atoms with Crippen molar-refractivity contribution in [2.75, 3.05) is 46.5 Å². The van der Waals surface area contributed by atoms with E-state index >= 15 is 0 Å². The van der Waals surface area contributed by atoms with Crippen LogP contribution in [0.25, 0.3) is 11.4 Å². The Morgan fingerprint density at radius 2 is 2.11 bits per heavy atom. The molecule has 0 atom stereocenters. The molecule has 3 rings (SSSR count). The number of H-pyrrole nitrogens is 1. The number of nitrogens with zero attached hydrogens (tertiary/aromatic N) is 4. The lowest BCUT2D eigenvalue weighted by Crippen LogP contribution is -2.39. The molecule has 2 heterocycles. The van der Waals surface area contributed by atoms with Crippen LogP contribution in [0.2, 0.25) is 0 Å². The number of ether oxygens (including phenoxy) is 2. The van der Waals surface area contributed by atoms with Gasteiger partial charge in [-0.05, 0) is 37.2 Å². The van der Waals surface area contributed by atoms with Gasteiger partial charge >= 0.3 is 0 Å². The largest absolute Gasteiger partial charge is 0.497 e. The van der Waals surface area contributed by atoms with Crippen molar-refractivity contribution < 1.29 is 9.47 Å². The van der Waals surface area contributed by atoms with Gasteiger partial charge in [0.15, 0.2) is 11.8 Å². The van der Waals surface area contributed by atoms with E-state index in [4.69, 9.17) is 15.2 Å². The predicted octanol–water partition coefficient (Wildman–Crippen LogP) is 0.607. The van der Waals surface area contributed by atoms with E-state index in [9.17, 15) is 0 Å². The number of aliphatic imine (C=N–C) groups is 1. The summed E-state index contributed by atoms with van der Waals surface area (Å²) in [5, 5.41) is 10.3. The third-order valence-corrected chi connectivity index (χ3v) is 4.34. The Balaban J connectivity index is 1.41. The molecule has 1 aliphatic rings. The van der Waals surface area contributed by atoms with Crippen LogP contribution in [0.5, 0.6) is 5.75 Å². The van der Waals surface area contributed by atoms with Crippen molar-refractivity contribution in [2.45, 2.75) is 13.0 Å². The first-order valence-corrected chi connectivity index (χ1v) is 9.14. The van der Waals surface area contributed by atoms with E-state index in [1.54, 1.807) is 7.11 Å². The third-order valence-electron chi connectivity index (χ3n) is 4.34. The average Bonchev–Trinajstić information content (AvgIpc) is 3.19. The summed E-state index contributed by atoms with van der Waals surface area (Å²) in [6.07, 6.45) is 1.01. The first-order chi connectivity index (χ1) is 13.2. The number of morpholine rings is 1. The van der Waals surface area contributed by atoms with E-state index < -0.39 is 0 Å². The molecule has 0 unspecified atom stereocenters. The normalized spacial score (nSPS) is 15.7. The highest BCUT2D eigenvalue weighted by Crippen LogP contribution is 2.18. The van der Waals surface area contributed by atoms with Crippen LogP contribution in [0, 0.1) is 0 Å². The summed E-state index contributed by atoms with van der Waals surface area (Å²) in [6.45, 7) is 5.85. The van der Waals surface area contributed by atoms with Gasteiger partial charge in [0.25, 0.3) is 0 Å². The zero-order valence-electron chi connectivity index (χ0n) is 15.6. The number of nitrogens with two attached hydrogens (primary N) is 1. The van der Waals surface area contributed by atoms with Crippen molar-refractivity contribution in [1.29, 1.82) is 0 Å². The highest BCUT2D eigenvalue weighted by Gasteiger charge is 2.09. The minimum Gasteiger partial charge on any atom is -0.497 e. The fourth-order valence-corrected chi connectivity index (χ4v) is 2.80. The highest BCUT2D eigenvalue weighted by molar-refractivity contribution is 5.77. The Morgan fingerprint density at radius 1 is 1.33 bits per heavy atom. The maximum absolute atomic E-state index is 5.92. The standard InChI is InChI=1S/C18H27N7O2/c1-26-15-5-3-14(4-6-15)17-22-16(23-24-17)13-21-18(19)20-7-2-8-25-9-11-27-12-10-25/h3-6H,2,7-13H2,1H3,(H3,19,20,21)(H,22,23,24). The Morgan fingerprint density at radius 3 is 2.85 bits per heavy atom. The van der Waals surface area contributed by atoms with Crippen LogP contribution in [-0.2, 0) is 11.3 Å². The topological polar surface area (TPSA) is 114 Å². The molecule has 0 spiro atoms. The second-order valence-electron chi connectivity index (χ2n) is 6.27. The van der Waals surface area contributed by atoms with E-state index in [0.29, 0.717) is 24.2 Å². The lowest BCUT2D eigenvalue weighted by molar-refractivity contribution is 0.0376. The summed E-state index contributed by atoms with van der Waals surface area (Å²) in [4.78, 5) is 11.2. The van der Waals surface area contributed by atoms with Crippen LogP contribution in [0.4, 0.5) is 0 Å². The van der Waals surface area contributed by atoms with Gasteiger partial charge in [0.2, 0.25) is 0 Å². The number of guanidine groups is 1. The van der Waals surface area contributed by atoms with E-state index in [1.165, 1.54) is 0 Å². The maximum atomic E-state index is 5.92. The lowest BCUT2D eigenvalue weighted by Gasteiger charge is -2.26. The van der Waals surface area contributed by atoms with Crippen LogP contribution in [-0.4, -0.2) is 72.5 Å². The first kappa shape index (κ1) is 19.1. The highest BCUT2D eigenvalue weighted by atomic mass is 16.5. The zero-order chi connectivity index (χ0) is 18.9. The van der Waals surface area contributed by atoms with Crippen LogP contribution in [0.1, 0.15) is 12.2 Å². The average molecular weight is 373 g/mol. The number of hydrogen-bond donors (Lipinski definition) is 3. The van der Waals surface area contributed by atoms with Gasteiger partial charge in [-0.1, -0.05) is 0 Å². The number of aromatic amines is 1. The van der Waals surface area contributed by atoms with Crippen LogP contribution in [0.15, 0.2) is 29.3 Å². The minimum atomic E-state index is 0.353. The van der Waals surface area contributed by atoms with E-state index in [-0.39, 0.29) is 0 Å². The van der Waals surface area contributed by atoms with E-state index in [2.05, 4.69) is 30.4 Å². The van der Waals surface area contributed by atoms with Gasteiger partial charge in [0.05, 0.1) is 20.3 Å². The Labute approximate surface area is 159 Å². The summed E-state index contributed by atoms with van der Waals surface area (Å²) in [5.74, 6) is 2.50. The number of rotatable bonds is 8. The SMILES string of the molecule is COc1ccc(-c2n[nH]c(CN=C(N)NCCCN3CCOCC3)n2)cc1. The molecule has 0 radical (unpaired) electrons. The molecule has 0 bridgehead atoms. The molecule has 1 saturated heterocycles. The van der Waals surface area contributed by atoms with Crippen molar-refractivity contribution in [2.24, 2.45) is 10.7 Å². The number of methoxy groups -OCH3 is 1. The summed E-state index contributed by atoms with van der Waals surface area (Å²) in [5.41, 5.74) is 6.83. The molecule has 9 heteroatoms. The van der Waals surface area contributed by atoms with Crippen LogP contribution in [0.3, 0.4) is 0 Å². The number of aromatic nitrogens is 3. The first-order valence-electron chi connectivity index (χ1n) is 9.14. The molecule has 1 aliphatic heterocycles. The van der Waals surface area contributed by atoms with Gasteiger partial charge in [0, 0.05) is 25.2 Å². The molecular formula is C18H27N7O2. The molecule has 2 aromatic rings. The second kappa shape index (κ2) is 9.89. The van der Waals surface area contributed by atoms with Gasteiger partial charge in [-0.2, -0.15) is 5.10 Å². The number of hydrogen-bond acceptors (Lipinski definition) is 6. The van der Waals surface area contributed by atoms with Crippen molar-refractivity contribution in [3.05, 3.63) is 30.1 Å². The summed E-state index contributed by atoms with van der Waals surface area (Å²) >= 11 is 0. The van der Waals surface area contributed by atoms with E-state index in [0.717, 1.165) is 57.1 Å².